The van der Waals surface area contributed by atoms with E-state index in [1.807, 2.05) is 0 Å². The standard InChI is InChI=1S/C9H14N2O2S2/c1-15(12,13)5-8-11-9-6(10)3-2-4-7(9)14-8/h6H,2-5,10H2,1H3. The first-order chi connectivity index (χ1) is 6.96. The molecular weight excluding hydrogens is 232 g/mol. The second-order valence-electron chi connectivity index (χ2n) is 3.98. The van der Waals surface area contributed by atoms with E-state index in [4.69, 9.17) is 5.73 Å². The second-order valence-corrected chi connectivity index (χ2v) is 7.29. The van der Waals surface area contributed by atoms with Gasteiger partial charge in [-0.2, -0.15) is 0 Å². The van der Waals surface area contributed by atoms with Crippen molar-refractivity contribution in [1.29, 1.82) is 0 Å². The fraction of sp³-hybridized carbons (Fsp3) is 0.667. The molecule has 2 N–H and O–H groups in total. The molecule has 1 aliphatic rings. The zero-order valence-electron chi connectivity index (χ0n) is 8.56. The average Bonchev–Trinajstić information content (AvgIpc) is 2.45. The van der Waals surface area contributed by atoms with Gasteiger partial charge < -0.3 is 5.73 Å². The first-order valence-corrected chi connectivity index (χ1v) is 7.75. The highest BCUT2D eigenvalue weighted by Crippen LogP contribution is 2.32. The lowest BCUT2D eigenvalue weighted by molar-refractivity contribution is 0.562. The quantitative estimate of drug-likeness (QED) is 0.845. The van der Waals surface area contributed by atoms with Crippen LogP contribution in [0.2, 0.25) is 0 Å². The Labute approximate surface area is 93.4 Å². The molecule has 4 nitrogen and oxygen atoms in total. The Balaban J connectivity index is 2.29. The van der Waals surface area contributed by atoms with Gasteiger partial charge in [-0.05, 0) is 19.3 Å². The molecule has 1 aliphatic carbocycles. The predicted octanol–water partition coefficient (Wildman–Crippen LogP) is 1.02. The minimum absolute atomic E-state index is 0.00156. The molecule has 0 saturated heterocycles. The van der Waals surface area contributed by atoms with Gasteiger partial charge in [-0.15, -0.1) is 11.3 Å². The SMILES string of the molecule is CS(=O)(=O)Cc1nc2c(s1)CCCC2N. The third-order valence-corrected chi connectivity index (χ3v) is 4.54. The lowest BCUT2D eigenvalue weighted by Crippen LogP contribution is -2.16. The summed E-state index contributed by atoms with van der Waals surface area (Å²) in [7, 11) is -2.99. The highest BCUT2D eigenvalue weighted by atomic mass is 32.2. The molecule has 0 aromatic carbocycles. The number of rotatable bonds is 2. The second kappa shape index (κ2) is 3.84. The zero-order valence-corrected chi connectivity index (χ0v) is 10.2. The molecule has 0 saturated carbocycles. The Morgan fingerprint density at radius 3 is 2.93 bits per heavy atom. The summed E-state index contributed by atoms with van der Waals surface area (Å²) >= 11 is 1.50. The van der Waals surface area contributed by atoms with Crippen LogP contribution in [0.15, 0.2) is 0 Å². The molecule has 15 heavy (non-hydrogen) atoms. The van der Waals surface area contributed by atoms with Gasteiger partial charge in [0.1, 0.15) is 10.8 Å². The van der Waals surface area contributed by atoms with Crippen LogP contribution in [0.3, 0.4) is 0 Å². The van der Waals surface area contributed by atoms with Crippen LogP contribution < -0.4 is 5.73 Å². The van der Waals surface area contributed by atoms with Crippen molar-refractivity contribution in [3.63, 3.8) is 0 Å². The van der Waals surface area contributed by atoms with Gasteiger partial charge in [0.15, 0.2) is 9.84 Å². The van der Waals surface area contributed by atoms with E-state index < -0.39 is 9.84 Å². The Hall–Kier alpha value is -0.460. The molecule has 0 amide bonds. The number of aryl methyl sites for hydroxylation is 1. The van der Waals surface area contributed by atoms with Crippen molar-refractivity contribution in [1.82, 2.24) is 4.98 Å². The van der Waals surface area contributed by atoms with Gasteiger partial charge >= 0.3 is 0 Å². The number of fused-ring (bicyclic) bond motifs is 1. The molecule has 1 unspecified atom stereocenters. The summed E-state index contributed by atoms with van der Waals surface area (Å²) in [6.45, 7) is 0. The minimum atomic E-state index is -2.99. The van der Waals surface area contributed by atoms with Gasteiger partial charge in [0.25, 0.3) is 0 Å². The van der Waals surface area contributed by atoms with E-state index in [1.54, 1.807) is 0 Å². The van der Waals surface area contributed by atoms with Gasteiger partial charge in [0.05, 0.1) is 5.69 Å². The van der Waals surface area contributed by atoms with E-state index in [0.29, 0.717) is 5.01 Å². The lowest BCUT2D eigenvalue weighted by atomic mass is 9.99. The normalized spacial score (nSPS) is 21.3. The summed E-state index contributed by atoms with van der Waals surface area (Å²) < 4.78 is 22.3. The predicted molar refractivity (Wildman–Crippen MR) is 60.5 cm³/mol. The molecule has 6 heteroatoms. The largest absolute Gasteiger partial charge is 0.323 e. The number of aromatic nitrogens is 1. The highest BCUT2D eigenvalue weighted by Gasteiger charge is 2.22. The summed E-state index contributed by atoms with van der Waals surface area (Å²) in [5, 5.41) is 0.680. The summed E-state index contributed by atoms with van der Waals surface area (Å²) in [5.41, 5.74) is 6.84. The fourth-order valence-electron chi connectivity index (χ4n) is 1.79. The van der Waals surface area contributed by atoms with Crippen LogP contribution in [-0.2, 0) is 22.0 Å². The molecular formula is C9H14N2O2S2. The van der Waals surface area contributed by atoms with Crippen molar-refractivity contribution in [2.24, 2.45) is 5.73 Å². The van der Waals surface area contributed by atoms with Crippen molar-refractivity contribution >= 4 is 21.2 Å². The number of nitrogens with zero attached hydrogens (tertiary/aromatic N) is 1. The third-order valence-electron chi connectivity index (χ3n) is 2.43. The maximum atomic E-state index is 11.1. The van der Waals surface area contributed by atoms with E-state index >= 15 is 0 Å². The molecule has 0 fully saturated rings. The summed E-state index contributed by atoms with van der Waals surface area (Å²) in [4.78, 5) is 5.51. The molecule has 0 aliphatic heterocycles. The topological polar surface area (TPSA) is 73.0 Å². The van der Waals surface area contributed by atoms with Crippen molar-refractivity contribution in [2.45, 2.75) is 31.1 Å². The molecule has 2 rings (SSSR count). The number of hydrogen-bond acceptors (Lipinski definition) is 5. The van der Waals surface area contributed by atoms with Crippen molar-refractivity contribution in [3.05, 3.63) is 15.6 Å². The molecule has 1 aromatic heterocycles. The number of thiazole rings is 1. The van der Waals surface area contributed by atoms with E-state index in [-0.39, 0.29) is 11.8 Å². The van der Waals surface area contributed by atoms with Crippen LogP contribution in [0.25, 0.3) is 0 Å². The van der Waals surface area contributed by atoms with E-state index in [9.17, 15) is 8.42 Å². The fourth-order valence-corrected chi connectivity index (χ4v) is 4.16. The molecule has 1 heterocycles. The monoisotopic (exact) mass is 246 g/mol. The number of hydrogen-bond donors (Lipinski definition) is 1. The zero-order chi connectivity index (χ0) is 11.1. The highest BCUT2D eigenvalue weighted by molar-refractivity contribution is 7.90. The average molecular weight is 246 g/mol. The summed E-state index contributed by atoms with van der Waals surface area (Å²) in [6, 6.07) is -0.00156. The van der Waals surface area contributed by atoms with Crippen LogP contribution in [-0.4, -0.2) is 19.7 Å². The number of sulfone groups is 1. The molecule has 84 valence electrons. The smallest absolute Gasteiger partial charge is 0.153 e. The molecule has 1 atom stereocenters. The summed E-state index contributed by atoms with van der Waals surface area (Å²) in [5.74, 6) is 0.0391. The van der Waals surface area contributed by atoms with E-state index in [0.717, 1.165) is 25.0 Å². The van der Waals surface area contributed by atoms with Crippen molar-refractivity contribution in [3.8, 4) is 0 Å². The van der Waals surface area contributed by atoms with Gasteiger partial charge in [0.2, 0.25) is 0 Å². The number of nitrogens with two attached hydrogens (primary N) is 1. The molecule has 1 aromatic rings. The van der Waals surface area contributed by atoms with Crippen molar-refractivity contribution < 1.29 is 8.42 Å². The Bertz CT molecular complexity index is 464. The first kappa shape index (κ1) is 11.0. The summed E-state index contributed by atoms with van der Waals surface area (Å²) in [6.07, 6.45) is 4.25. The molecule has 0 radical (unpaired) electrons. The first-order valence-electron chi connectivity index (χ1n) is 4.87. The van der Waals surface area contributed by atoms with Crippen LogP contribution in [0.4, 0.5) is 0 Å². The Morgan fingerprint density at radius 1 is 1.60 bits per heavy atom. The Kier molecular flexibility index (Phi) is 2.83. The minimum Gasteiger partial charge on any atom is -0.323 e. The maximum Gasteiger partial charge on any atom is 0.153 e. The van der Waals surface area contributed by atoms with Crippen LogP contribution >= 0.6 is 11.3 Å². The molecule has 0 spiro atoms. The Morgan fingerprint density at radius 2 is 2.33 bits per heavy atom. The third kappa shape index (κ3) is 2.56. The maximum absolute atomic E-state index is 11.1. The van der Waals surface area contributed by atoms with Gasteiger partial charge in [0, 0.05) is 17.2 Å². The van der Waals surface area contributed by atoms with Crippen LogP contribution in [0.5, 0.6) is 0 Å². The van der Waals surface area contributed by atoms with Crippen LogP contribution in [0, 0.1) is 0 Å². The van der Waals surface area contributed by atoms with Gasteiger partial charge in [-0.1, -0.05) is 0 Å². The lowest BCUT2D eigenvalue weighted by Gasteiger charge is -2.15. The van der Waals surface area contributed by atoms with E-state index in [1.165, 1.54) is 22.5 Å². The van der Waals surface area contributed by atoms with Gasteiger partial charge in [-0.25, -0.2) is 13.4 Å². The van der Waals surface area contributed by atoms with Crippen molar-refractivity contribution in [2.75, 3.05) is 6.26 Å². The van der Waals surface area contributed by atoms with Gasteiger partial charge in [-0.3, -0.25) is 0 Å². The van der Waals surface area contributed by atoms with E-state index in [2.05, 4.69) is 4.98 Å². The molecule has 0 bridgehead atoms. The van der Waals surface area contributed by atoms with Crippen LogP contribution in [0.1, 0.15) is 34.5 Å².